The standard InChI is InChI=1S/C18H14O5/c1-21-18(20)16-15(11-4-2-3-5-12(11)17(16)19)10-6-7-13-14(8-10)23-9-22-13/h2-8,15-16H,9H2,1H3. The fourth-order valence-electron chi connectivity index (χ4n) is 3.34. The van der Waals surface area contributed by atoms with E-state index in [-0.39, 0.29) is 18.5 Å². The van der Waals surface area contributed by atoms with E-state index in [1.54, 1.807) is 18.2 Å². The van der Waals surface area contributed by atoms with Crippen LogP contribution >= 0.6 is 0 Å². The summed E-state index contributed by atoms with van der Waals surface area (Å²) in [5.74, 6) is -0.661. The highest BCUT2D eigenvalue weighted by molar-refractivity contribution is 6.13. The van der Waals surface area contributed by atoms with Gasteiger partial charge in [-0.15, -0.1) is 0 Å². The van der Waals surface area contributed by atoms with Gasteiger partial charge in [0.05, 0.1) is 7.11 Å². The zero-order chi connectivity index (χ0) is 16.0. The zero-order valence-electron chi connectivity index (χ0n) is 12.4. The molecule has 1 aliphatic heterocycles. The van der Waals surface area contributed by atoms with Crippen molar-refractivity contribution in [3.05, 3.63) is 59.2 Å². The third-order valence-electron chi connectivity index (χ3n) is 4.39. The highest BCUT2D eigenvalue weighted by Crippen LogP contribution is 2.45. The van der Waals surface area contributed by atoms with Crippen LogP contribution in [-0.2, 0) is 9.53 Å². The van der Waals surface area contributed by atoms with Crippen LogP contribution in [0, 0.1) is 5.92 Å². The van der Waals surface area contributed by atoms with Gasteiger partial charge in [-0.1, -0.05) is 30.3 Å². The molecule has 2 unspecified atom stereocenters. The smallest absolute Gasteiger partial charge is 0.317 e. The molecule has 0 amide bonds. The number of ether oxygens (including phenoxy) is 3. The molecule has 4 rings (SSSR count). The van der Waals surface area contributed by atoms with E-state index in [0.717, 1.165) is 11.1 Å². The summed E-state index contributed by atoms with van der Waals surface area (Å²) in [5, 5.41) is 0. The molecule has 0 saturated carbocycles. The lowest BCUT2D eigenvalue weighted by molar-refractivity contribution is -0.143. The molecule has 2 atom stereocenters. The van der Waals surface area contributed by atoms with Gasteiger partial charge < -0.3 is 14.2 Å². The number of benzene rings is 2. The number of fused-ring (bicyclic) bond motifs is 2. The number of Topliss-reactive ketones (excluding diaryl/α,β-unsaturated/α-hetero) is 1. The molecule has 1 heterocycles. The summed E-state index contributed by atoms with van der Waals surface area (Å²) in [6, 6.07) is 12.8. The Balaban J connectivity index is 1.86. The van der Waals surface area contributed by atoms with Crippen molar-refractivity contribution < 1.29 is 23.8 Å². The molecule has 0 saturated heterocycles. The van der Waals surface area contributed by atoms with Crippen molar-refractivity contribution in [1.29, 1.82) is 0 Å². The molecule has 0 spiro atoms. The predicted molar refractivity (Wildman–Crippen MR) is 80.7 cm³/mol. The molecule has 5 heteroatoms. The minimum absolute atomic E-state index is 0.180. The molecule has 0 radical (unpaired) electrons. The van der Waals surface area contributed by atoms with E-state index in [1.165, 1.54) is 7.11 Å². The molecule has 0 aromatic heterocycles. The lowest BCUT2D eigenvalue weighted by Gasteiger charge is -2.18. The van der Waals surface area contributed by atoms with Gasteiger partial charge in [-0.2, -0.15) is 0 Å². The molecule has 2 aromatic carbocycles. The highest BCUT2D eigenvalue weighted by Gasteiger charge is 2.45. The summed E-state index contributed by atoms with van der Waals surface area (Å²) in [6.07, 6.45) is 0. The van der Waals surface area contributed by atoms with E-state index in [2.05, 4.69) is 0 Å². The van der Waals surface area contributed by atoms with Crippen LogP contribution in [-0.4, -0.2) is 25.7 Å². The first-order chi connectivity index (χ1) is 11.2. The number of carbonyl (C=O) groups is 2. The van der Waals surface area contributed by atoms with Gasteiger partial charge in [-0.25, -0.2) is 0 Å². The van der Waals surface area contributed by atoms with Crippen LogP contribution in [0.15, 0.2) is 42.5 Å². The largest absolute Gasteiger partial charge is 0.468 e. The Bertz CT molecular complexity index is 811. The molecule has 5 nitrogen and oxygen atoms in total. The van der Waals surface area contributed by atoms with Crippen LogP contribution in [0.3, 0.4) is 0 Å². The van der Waals surface area contributed by atoms with E-state index in [9.17, 15) is 9.59 Å². The van der Waals surface area contributed by atoms with Crippen LogP contribution in [0.2, 0.25) is 0 Å². The fraction of sp³-hybridized carbons (Fsp3) is 0.222. The Labute approximate surface area is 132 Å². The Morgan fingerprint density at radius 3 is 2.74 bits per heavy atom. The number of ketones is 1. The normalized spacial score (nSPS) is 21.2. The Hall–Kier alpha value is -2.82. The molecule has 0 bridgehead atoms. The number of methoxy groups -OCH3 is 1. The third-order valence-corrected chi connectivity index (χ3v) is 4.39. The molecule has 0 N–H and O–H groups in total. The third kappa shape index (κ3) is 2.00. The van der Waals surface area contributed by atoms with Crippen molar-refractivity contribution in [3.63, 3.8) is 0 Å². The SMILES string of the molecule is COC(=O)C1C(=O)c2ccccc2C1c1ccc2c(c1)OCO2. The van der Waals surface area contributed by atoms with E-state index in [1.807, 2.05) is 24.3 Å². The van der Waals surface area contributed by atoms with E-state index in [0.29, 0.717) is 17.1 Å². The highest BCUT2D eigenvalue weighted by atomic mass is 16.7. The van der Waals surface area contributed by atoms with Crippen LogP contribution < -0.4 is 9.47 Å². The lowest BCUT2D eigenvalue weighted by atomic mass is 9.85. The van der Waals surface area contributed by atoms with Gasteiger partial charge >= 0.3 is 5.97 Å². The van der Waals surface area contributed by atoms with E-state index < -0.39 is 11.9 Å². The van der Waals surface area contributed by atoms with Gasteiger partial charge in [0.1, 0.15) is 5.92 Å². The second kappa shape index (κ2) is 5.12. The van der Waals surface area contributed by atoms with Crippen molar-refractivity contribution in [2.24, 2.45) is 5.92 Å². The average molecular weight is 310 g/mol. The maximum Gasteiger partial charge on any atom is 0.317 e. The van der Waals surface area contributed by atoms with Crippen LogP contribution in [0.5, 0.6) is 11.5 Å². The van der Waals surface area contributed by atoms with Crippen molar-refractivity contribution in [1.82, 2.24) is 0 Å². The Morgan fingerprint density at radius 2 is 1.91 bits per heavy atom. The number of rotatable bonds is 2. The number of hydrogen-bond acceptors (Lipinski definition) is 5. The summed E-state index contributed by atoms with van der Waals surface area (Å²) in [6.45, 7) is 0.180. The summed E-state index contributed by atoms with van der Waals surface area (Å²) < 4.78 is 15.6. The van der Waals surface area contributed by atoms with Crippen molar-refractivity contribution >= 4 is 11.8 Å². The van der Waals surface area contributed by atoms with Gasteiger partial charge in [0.2, 0.25) is 6.79 Å². The molecule has 116 valence electrons. The fourth-order valence-corrected chi connectivity index (χ4v) is 3.34. The van der Waals surface area contributed by atoms with Crippen molar-refractivity contribution in [3.8, 4) is 11.5 Å². The topological polar surface area (TPSA) is 61.8 Å². The lowest BCUT2D eigenvalue weighted by Crippen LogP contribution is -2.26. The first kappa shape index (κ1) is 13.8. The maximum absolute atomic E-state index is 12.7. The molecule has 0 fully saturated rings. The number of esters is 1. The summed E-state index contributed by atoms with van der Waals surface area (Å²) in [7, 11) is 1.30. The van der Waals surface area contributed by atoms with Gasteiger partial charge in [0.15, 0.2) is 17.3 Å². The first-order valence-corrected chi connectivity index (χ1v) is 7.31. The summed E-state index contributed by atoms with van der Waals surface area (Å²) >= 11 is 0. The van der Waals surface area contributed by atoms with Gasteiger partial charge in [-0.3, -0.25) is 9.59 Å². The molecule has 2 aromatic rings. The second-order valence-electron chi connectivity index (χ2n) is 5.54. The van der Waals surface area contributed by atoms with E-state index >= 15 is 0 Å². The molecule has 1 aliphatic carbocycles. The van der Waals surface area contributed by atoms with Gasteiger partial charge in [0, 0.05) is 11.5 Å². The van der Waals surface area contributed by atoms with Crippen LogP contribution in [0.4, 0.5) is 0 Å². The Morgan fingerprint density at radius 1 is 1.13 bits per heavy atom. The minimum Gasteiger partial charge on any atom is -0.468 e. The Kier molecular flexibility index (Phi) is 3.08. The van der Waals surface area contributed by atoms with Gasteiger partial charge in [0.25, 0.3) is 0 Å². The van der Waals surface area contributed by atoms with Crippen molar-refractivity contribution in [2.75, 3.05) is 13.9 Å². The van der Waals surface area contributed by atoms with E-state index in [4.69, 9.17) is 14.2 Å². The predicted octanol–water partition coefficient (Wildman–Crippen LogP) is 2.53. The van der Waals surface area contributed by atoms with Crippen LogP contribution in [0.25, 0.3) is 0 Å². The number of carbonyl (C=O) groups excluding carboxylic acids is 2. The molecule has 2 aliphatic rings. The molecular weight excluding hydrogens is 296 g/mol. The molecular formula is C18H14O5. The average Bonchev–Trinajstić information content (AvgIpc) is 3.16. The first-order valence-electron chi connectivity index (χ1n) is 7.31. The van der Waals surface area contributed by atoms with Crippen molar-refractivity contribution in [2.45, 2.75) is 5.92 Å². The second-order valence-corrected chi connectivity index (χ2v) is 5.54. The van der Waals surface area contributed by atoms with Gasteiger partial charge in [-0.05, 0) is 23.3 Å². The molecule has 23 heavy (non-hydrogen) atoms. The number of hydrogen-bond donors (Lipinski definition) is 0. The quantitative estimate of drug-likeness (QED) is 0.630. The maximum atomic E-state index is 12.7. The summed E-state index contributed by atoms with van der Waals surface area (Å²) in [4.78, 5) is 24.9. The minimum atomic E-state index is -0.863. The van der Waals surface area contributed by atoms with Crippen LogP contribution in [0.1, 0.15) is 27.4 Å². The zero-order valence-corrected chi connectivity index (χ0v) is 12.4. The summed E-state index contributed by atoms with van der Waals surface area (Å²) in [5.41, 5.74) is 2.25. The monoisotopic (exact) mass is 310 g/mol.